The van der Waals surface area contributed by atoms with E-state index in [1.165, 1.54) is 6.92 Å². The molecule has 4 rings (SSSR count). The number of aliphatic hydroxyl groups is 3. The Labute approximate surface area is 161 Å². The van der Waals surface area contributed by atoms with Crippen molar-refractivity contribution in [3.8, 4) is 0 Å². The molecule has 3 N–H and O–H groups in total. The molecule has 0 amide bonds. The van der Waals surface area contributed by atoms with E-state index in [1.807, 2.05) is 0 Å². The van der Waals surface area contributed by atoms with Crippen LogP contribution in [-0.4, -0.2) is 46.2 Å². The smallest absolute Gasteiger partial charge is 0.303 e. The minimum Gasteiger partial charge on any atom is -0.457 e. The fraction of sp³-hybridized carbons (Fsp3) is 0.864. The fourth-order valence-electron chi connectivity index (χ4n) is 8.00. The maximum Gasteiger partial charge on any atom is 0.303 e. The molecule has 0 aromatic rings. The molecule has 0 aliphatic heterocycles. The summed E-state index contributed by atoms with van der Waals surface area (Å²) in [4.78, 5) is 11.9. The first-order valence-corrected chi connectivity index (χ1v) is 10.5. The Hall–Kier alpha value is -0.910. The fourth-order valence-corrected chi connectivity index (χ4v) is 8.00. The summed E-state index contributed by atoms with van der Waals surface area (Å²) < 4.78 is 5.73. The molecule has 152 valence electrons. The van der Waals surface area contributed by atoms with Gasteiger partial charge >= 0.3 is 5.97 Å². The first-order chi connectivity index (χ1) is 12.6. The third-order valence-corrected chi connectivity index (χ3v) is 9.11. The van der Waals surface area contributed by atoms with Crippen molar-refractivity contribution >= 4 is 5.97 Å². The number of aliphatic hydroxyl groups excluding tert-OH is 3. The number of esters is 1. The molecule has 5 nitrogen and oxygen atoms in total. The highest BCUT2D eigenvalue weighted by Crippen LogP contribution is 2.72. The van der Waals surface area contributed by atoms with Gasteiger partial charge in [0.05, 0.1) is 17.6 Å². The highest BCUT2D eigenvalue weighted by Gasteiger charge is 2.74. The Balaban J connectivity index is 1.85. The van der Waals surface area contributed by atoms with Gasteiger partial charge in [0.1, 0.15) is 6.10 Å². The Morgan fingerprint density at radius 3 is 2.56 bits per heavy atom. The van der Waals surface area contributed by atoms with Crippen LogP contribution in [0.15, 0.2) is 12.2 Å². The van der Waals surface area contributed by atoms with Gasteiger partial charge in [-0.05, 0) is 60.3 Å². The average molecular weight is 379 g/mol. The van der Waals surface area contributed by atoms with Crippen molar-refractivity contribution in [3.63, 3.8) is 0 Å². The molecule has 0 aromatic heterocycles. The van der Waals surface area contributed by atoms with Crippen molar-refractivity contribution in [2.24, 2.45) is 34.0 Å². The predicted molar refractivity (Wildman–Crippen MR) is 101 cm³/mol. The van der Waals surface area contributed by atoms with Crippen molar-refractivity contribution < 1.29 is 24.9 Å². The predicted octanol–water partition coefficient (Wildman–Crippen LogP) is 2.43. The lowest BCUT2D eigenvalue weighted by Crippen LogP contribution is -2.68. The lowest BCUT2D eigenvalue weighted by atomic mass is 9.39. The van der Waals surface area contributed by atoms with Gasteiger partial charge < -0.3 is 20.1 Å². The molecule has 4 aliphatic rings. The summed E-state index contributed by atoms with van der Waals surface area (Å²) in [5, 5.41) is 33.0. The maximum absolute atomic E-state index is 11.9. The number of hydrogen-bond donors (Lipinski definition) is 3. The van der Waals surface area contributed by atoms with Crippen LogP contribution in [0.2, 0.25) is 0 Å². The maximum atomic E-state index is 11.9. The molecule has 4 fully saturated rings. The van der Waals surface area contributed by atoms with Gasteiger partial charge in [0.15, 0.2) is 0 Å². The lowest BCUT2D eigenvalue weighted by Gasteiger charge is -2.66. The van der Waals surface area contributed by atoms with Crippen molar-refractivity contribution in [2.45, 2.75) is 77.6 Å². The van der Waals surface area contributed by atoms with Crippen LogP contribution < -0.4 is 0 Å². The topological polar surface area (TPSA) is 87.0 Å². The second-order valence-electron chi connectivity index (χ2n) is 10.2. The normalized spacial score (nSPS) is 54.2. The number of fused-ring (bicyclic) bond motifs is 3. The van der Waals surface area contributed by atoms with E-state index in [2.05, 4.69) is 20.4 Å². The molecule has 0 saturated heterocycles. The van der Waals surface area contributed by atoms with Crippen LogP contribution in [0, 0.1) is 34.0 Å². The van der Waals surface area contributed by atoms with Gasteiger partial charge in [-0.15, -0.1) is 0 Å². The standard InChI is InChI=1S/C22H34O5/c1-12-14-6-7-15-21(4)9-5-8-20(3,11-23)16(21)10-17(25)22(15,18(14)26)19(12)27-13(2)24/h14-19,23,25-26H,1,5-11H2,2-4H3/t14?,15-,16+,17+,18+,19+,20+,21-,22-/m0/s1. The quantitative estimate of drug-likeness (QED) is 0.507. The second-order valence-corrected chi connectivity index (χ2v) is 10.2. The number of ether oxygens (including phenoxy) is 1. The molecule has 0 radical (unpaired) electrons. The Morgan fingerprint density at radius 2 is 1.93 bits per heavy atom. The van der Waals surface area contributed by atoms with Crippen LogP contribution in [0.4, 0.5) is 0 Å². The SMILES string of the molecule is C=C1C2CC[C@H]3[C@]4(C)CCC[C@](C)(CO)[C@H]4C[C@@H](O)[C@]3([C@@H]1OC(C)=O)[C@@H]2O. The Morgan fingerprint density at radius 1 is 1.22 bits per heavy atom. The summed E-state index contributed by atoms with van der Waals surface area (Å²) in [6.07, 6.45) is 3.11. The van der Waals surface area contributed by atoms with E-state index < -0.39 is 29.7 Å². The van der Waals surface area contributed by atoms with Crippen molar-refractivity contribution in [1.82, 2.24) is 0 Å². The van der Waals surface area contributed by atoms with E-state index in [9.17, 15) is 20.1 Å². The second kappa shape index (κ2) is 6.04. The minimum atomic E-state index is -0.870. The Bertz CT molecular complexity index is 661. The largest absolute Gasteiger partial charge is 0.457 e. The van der Waals surface area contributed by atoms with Gasteiger partial charge in [-0.3, -0.25) is 4.79 Å². The average Bonchev–Trinajstić information content (AvgIpc) is 2.72. The van der Waals surface area contributed by atoms with Crippen LogP contribution in [0.3, 0.4) is 0 Å². The zero-order valence-corrected chi connectivity index (χ0v) is 16.8. The summed E-state index contributed by atoms with van der Waals surface area (Å²) in [6, 6.07) is 0. The zero-order chi connectivity index (χ0) is 19.8. The molecule has 5 heteroatoms. The zero-order valence-electron chi connectivity index (χ0n) is 16.8. The summed E-state index contributed by atoms with van der Waals surface area (Å²) in [5.74, 6) is -0.282. The van der Waals surface area contributed by atoms with Crippen LogP contribution >= 0.6 is 0 Å². The van der Waals surface area contributed by atoms with E-state index in [0.717, 1.165) is 37.7 Å². The van der Waals surface area contributed by atoms with Gasteiger partial charge in [0, 0.05) is 19.4 Å². The summed E-state index contributed by atoms with van der Waals surface area (Å²) in [5.41, 5.74) is -0.430. The molecule has 2 bridgehead atoms. The van der Waals surface area contributed by atoms with Gasteiger partial charge in [0.25, 0.3) is 0 Å². The first-order valence-electron chi connectivity index (χ1n) is 10.5. The van der Waals surface area contributed by atoms with Gasteiger partial charge in [-0.25, -0.2) is 0 Å². The molecule has 27 heavy (non-hydrogen) atoms. The van der Waals surface area contributed by atoms with Gasteiger partial charge in [-0.2, -0.15) is 0 Å². The number of rotatable bonds is 2. The van der Waals surface area contributed by atoms with Crippen LogP contribution in [0.25, 0.3) is 0 Å². The number of carbonyl (C=O) groups excluding carboxylic acids is 1. The molecule has 1 spiro atoms. The molecular formula is C22H34O5. The summed E-state index contributed by atoms with van der Waals surface area (Å²) >= 11 is 0. The van der Waals surface area contributed by atoms with Crippen LogP contribution in [0.5, 0.6) is 0 Å². The van der Waals surface area contributed by atoms with Gasteiger partial charge in [-0.1, -0.05) is 26.8 Å². The van der Waals surface area contributed by atoms with Crippen molar-refractivity contribution in [2.75, 3.05) is 6.61 Å². The van der Waals surface area contributed by atoms with E-state index >= 15 is 0 Å². The first kappa shape index (κ1) is 19.4. The lowest BCUT2D eigenvalue weighted by molar-refractivity contribution is -0.259. The third kappa shape index (κ3) is 2.25. The Kier molecular flexibility index (Phi) is 4.34. The number of carbonyl (C=O) groups is 1. The molecule has 0 aromatic carbocycles. The molecule has 1 unspecified atom stereocenters. The van der Waals surface area contributed by atoms with E-state index in [-0.39, 0.29) is 35.2 Å². The highest BCUT2D eigenvalue weighted by atomic mass is 16.5. The highest BCUT2D eigenvalue weighted by molar-refractivity contribution is 5.67. The van der Waals surface area contributed by atoms with E-state index in [4.69, 9.17) is 4.74 Å². The summed E-state index contributed by atoms with van der Waals surface area (Å²) in [7, 11) is 0. The molecule has 4 saturated carbocycles. The minimum absolute atomic E-state index is 0.0415. The molecule has 9 atom stereocenters. The van der Waals surface area contributed by atoms with Crippen molar-refractivity contribution in [3.05, 3.63) is 12.2 Å². The van der Waals surface area contributed by atoms with Gasteiger partial charge in [0.2, 0.25) is 0 Å². The van der Waals surface area contributed by atoms with E-state index in [1.54, 1.807) is 0 Å². The van der Waals surface area contributed by atoms with E-state index in [0.29, 0.717) is 6.42 Å². The third-order valence-electron chi connectivity index (χ3n) is 9.11. The van der Waals surface area contributed by atoms with Crippen LogP contribution in [0.1, 0.15) is 59.3 Å². The molecular weight excluding hydrogens is 344 g/mol. The summed E-state index contributed by atoms with van der Waals surface area (Å²) in [6.45, 7) is 10.1. The monoisotopic (exact) mass is 378 g/mol. The molecule has 0 heterocycles. The van der Waals surface area contributed by atoms with Crippen LogP contribution in [-0.2, 0) is 9.53 Å². The van der Waals surface area contributed by atoms with Crippen molar-refractivity contribution in [1.29, 1.82) is 0 Å². The molecule has 4 aliphatic carbocycles. The number of hydrogen-bond acceptors (Lipinski definition) is 5.